The van der Waals surface area contributed by atoms with Crippen LogP contribution in [-0.2, 0) is 16.1 Å². The quantitative estimate of drug-likeness (QED) is 0.798. The Labute approximate surface area is 143 Å². The van der Waals surface area contributed by atoms with Crippen LogP contribution in [-0.4, -0.2) is 85.4 Å². The number of pyridine rings is 1. The lowest BCUT2D eigenvalue weighted by molar-refractivity contribution is -0.133. The average molecular weight is 333 g/mol. The minimum absolute atomic E-state index is 0.00901. The Bertz CT molecular complexity index is 551. The van der Waals surface area contributed by atoms with E-state index in [9.17, 15) is 9.59 Å². The van der Waals surface area contributed by atoms with Crippen LogP contribution in [0.25, 0.3) is 0 Å². The number of hydrogen-bond acceptors (Lipinski definition) is 5. The molecule has 0 saturated carbocycles. The minimum atomic E-state index is -0.185. The molecule has 0 bridgehead atoms. The summed E-state index contributed by atoms with van der Waals surface area (Å²) in [5.41, 5.74) is 1.08. The zero-order valence-corrected chi connectivity index (χ0v) is 14.7. The van der Waals surface area contributed by atoms with Gasteiger partial charge in [0, 0.05) is 52.2 Å². The first kappa shape index (κ1) is 18.4. The number of amides is 2. The summed E-state index contributed by atoms with van der Waals surface area (Å²) in [5, 5.41) is 2.70. The second kappa shape index (κ2) is 8.75. The predicted octanol–water partition coefficient (Wildman–Crippen LogP) is -0.350. The summed E-state index contributed by atoms with van der Waals surface area (Å²) in [5.74, 6) is -0.133. The second-order valence-electron chi connectivity index (χ2n) is 6.45. The SMILES string of the molecule is CNC(=O)[C@@H]1CN(C)CCN(C(=O)CN(C)Cc2cccnc2)C1. The van der Waals surface area contributed by atoms with Crippen LogP contribution in [0.15, 0.2) is 24.5 Å². The van der Waals surface area contributed by atoms with E-state index in [1.807, 2.05) is 42.2 Å². The van der Waals surface area contributed by atoms with E-state index in [4.69, 9.17) is 0 Å². The molecule has 1 atom stereocenters. The highest BCUT2D eigenvalue weighted by Crippen LogP contribution is 2.10. The Morgan fingerprint density at radius 1 is 1.38 bits per heavy atom. The number of nitrogens with one attached hydrogen (secondary N) is 1. The summed E-state index contributed by atoms with van der Waals surface area (Å²) < 4.78 is 0. The molecule has 0 aliphatic carbocycles. The number of carbonyl (C=O) groups is 2. The van der Waals surface area contributed by atoms with Gasteiger partial charge in [-0.1, -0.05) is 6.07 Å². The smallest absolute Gasteiger partial charge is 0.236 e. The summed E-state index contributed by atoms with van der Waals surface area (Å²) in [7, 11) is 5.55. The highest BCUT2D eigenvalue weighted by Gasteiger charge is 2.28. The van der Waals surface area contributed by atoms with E-state index in [0.717, 1.165) is 12.1 Å². The molecule has 1 aromatic heterocycles. The van der Waals surface area contributed by atoms with E-state index in [-0.39, 0.29) is 17.7 Å². The molecule has 2 rings (SSSR count). The zero-order chi connectivity index (χ0) is 17.5. The molecule has 0 aromatic carbocycles. The lowest BCUT2D eigenvalue weighted by atomic mass is 10.1. The Kier molecular flexibility index (Phi) is 6.69. The van der Waals surface area contributed by atoms with Crippen LogP contribution in [0.1, 0.15) is 5.56 Å². The number of carbonyl (C=O) groups excluding carboxylic acids is 2. The van der Waals surface area contributed by atoms with E-state index < -0.39 is 0 Å². The summed E-state index contributed by atoms with van der Waals surface area (Å²) in [6.07, 6.45) is 3.55. The molecule has 132 valence electrons. The van der Waals surface area contributed by atoms with Crippen molar-refractivity contribution in [1.29, 1.82) is 0 Å². The molecule has 1 aromatic rings. The van der Waals surface area contributed by atoms with Crippen molar-refractivity contribution in [2.45, 2.75) is 6.54 Å². The summed E-state index contributed by atoms with van der Waals surface area (Å²) in [6.45, 7) is 3.60. The highest BCUT2D eigenvalue weighted by atomic mass is 16.2. The van der Waals surface area contributed by atoms with Gasteiger partial charge >= 0.3 is 0 Å². The average Bonchev–Trinajstić information content (AvgIpc) is 2.77. The molecule has 1 N–H and O–H groups in total. The highest BCUT2D eigenvalue weighted by molar-refractivity contribution is 5.81. The van der Waals surface area contributed by atoms with E-state index in [0.29, 0.717) is 32.7 Å². The van der Waals surface area contributed by atoms with E-state index >= 15 is 0 Å². The topological polar surface area (TPSA) is 68.8 Å². The molecule has 0 radical (unpaired) electrons. The van der Waals surface area contributed by atoms with Crippen molar-refractivity contribution >= 4 is 11.8 Å². The monoisotopic (exact) mass is 333 g/mol. The van der Waals surface area contributed by atoms with Gasteiger partial charge in [0.15, 0.2) is 0 Å². The van der Waals surface area contributed by atoms with Crippen LogP contribution in [0.4, 0.5) is 0 Å². The van der Waals surface area contributed by atoms with Gasteiger partial charge in [0.2, 0.25) is 11.8 Å². The van der Waals surface area contributed by atoms with Crippen molar-refractivity contribution in [3.05, 3.63) is 30.1 Å². The minimum Gasteiger partial charge on any atom is -0.359 e. The van der Waals surface area contributed by atoms with Gasteiger partial charge in [-0.3, -0.25) is 19.5 Å². The van der Waals surface area contributed by atoms with Crippen molar-refractivity contribution in [2.24, 2.45) is 5.92 Å². The number of hydrogen-bond donors (Lipinski definition) is 1. The fourth-order valence-electron chi connectivity index (χ4n) is 2.96. The van der Waals surface area contributed by atoms with Crippen LogP contribution in [0.2, 0.25) is 0 Å². The fourth-order valence-corrected chi connectivity index (χ4v) is 2.96. The maximum atomic E-state index is 12.6. The van der Waals surface area contributed by atoms with E-state index in [1.165, 1.54) is 0 Å². The third-order valence-electron chi connectivity index (χ3n) is 4.27. The van der Waals surface area contributed by atoms with Gasteiger partial charge in [-0.2, -0.15) is 0 Å². The molecule has 7 nitrogen and oxygen atoms in total. The van der Waals surface area contributed by atoms with Crippen LogP contribution < -0.4 is 5.32 Å². The first-order valence-corrected chi connectivity index (χ1v) is 8.25. The number of aromatic nitrogens is 1. The van der Waals surface area contributed by atoms with Gasteiger partial charge in [0.1, 0.15) is 0 Å². The lowest BCUT2D eigenvalue weighted by Gasteiger charge is -2.26. The van der Waals surface area contributed by atoms with Crippen molar-refractivity contribution in [3.8, 4) is 0 Å². The maximum absolute atomic E-state index is 12.6. The van der Waals surface area contributed by atoms with Crippen LogP contribution in [0.5, 0.6) is 0 Å². The van der Waals surface area contributed by atoms with Crippen LogP contribution >= 0.6 is 0 Å². The number of rotatable bonds is 5. The standard InChI is InChI=1S/C17H27N5O2/c1-18-17(24)15-11-20(2)7-8-22(12-15)16(23)13-21(3)10-14-5-4-6-19-9-14/h4-6,9,15H,7-8,10-13H2,1-3H3,(H,18,24)/t15-/m1/s1. The largest absolute Gasteiger partial charge is 0.359 e. The van der Waals surface area contributed by atoms with Gasteiger partial charge in [0.05, 0.1) is 12.5 Å². The molecule has 24 heavy (non-hydrogen) atoms. The molecule has 1 saturated heterocycles. The Morgan fingerprint density at radius 2 is 2.17 bits per heavy atom. The van der Waals surface area contributed by atoms with E-state index in [1.54, 1.807) is 13.2 Å². The molecule has 1 aliphatic heterocycles. The summed E-state index contributed by atoms with van der Waals surface area (Å²) in [4.78, 5) is 34.6. The fraction of sp³-hybridized carbons (Fsp3) is 0.588. The molecule has 0 unspecified atom stereocenters. The molecule has 0 spiro atoms. The van der Waals surface area contributed by atoms with Gasteiger partial charge in [-0.15, -0.1) is 0 Å². The van der Waals surface area contributed by atoms with Crippen molar-refractivity contribution in [2.75, 3.05) is 53.9 Å². The third-order valence-corrected chi connectivity index (χ3v) is 4.27. The molecule has 2 amide bonds. The van der Waals surface area contributed by atoms with Crippen LogP contribution in [0, 0.1) is 5.92 Å². The maximum Gasteiger partial charge on any atom is 0.236 e. The predicted molar refractivity (Wildman–Crippen MR) is 92.2 cm³/mol. The van der Waals surface area contributed by atoms with Crippen LogP contribution in [0.3, 0.4) is 0 Å². The van der Waals surface area contributed by atoms with Gasteiger partial charge in [-0.25, -0.2) is 0 Å². The summed E-state index contributed by atoms with van der Waals surface area (Å²) >= 11 is 0. The first-order valence-electron chi connectivity index (χ1n) is 8.25. The second-order valence-corrected chi connectivity index (χ2v) is 6.45. The normalized spacial score (nSPS) is 19.2. The molecular formula is C17H27N5O2. The molecule has 1 fully saturated rings. The van der Waals surface area contributed by atoms with Crippen molar-refractivity contribution in [1.82, 2.24) is 25.0 Å². The number of nitrogens with zero attached hydrogens (tertiary/aromatic N) is 4. The van der Waals surface area contributed by atoms with Crippen molar-refractivity contribution in [3.63, 3.8) is 0 Å². The Morgan fingerprint density at radius 3 is 2.83 bits per heavy atom. The Balaban J connectivity index is 1.93. The van der Waals surface area contributed by atoms with E-state index in [2.05, 4.69) is 15.2 Å². The van der Waals surface area contributed by atoms with Gasteiger partial charge in [0.25, 0.3) is 0 Å². The molecule has 7 heteroatoms. The third kappa shape index (κ3) is 5.28. The van der Waals surface area contributed by atoms with Gasteiger partial charge < -0.3 is 15.1 Å². The number of likely N-dealkylation sites (N-methyl/N-ethyl adjacent to an activating group) is 2. The zero-order valence-electron chi connectivity index (χ0n) is 14.7. The molecule has 1 aliphatic rings. The molecular weight excluding hydrogens is 306 g/mol. The van der Waals surface area contributed by atoms with Gasteiger partial charge in [-0.05, 0) is 25.7 Å². The van der Waals surface area contributed by atoms with Crippen molar-refractivity contribution < 1.29 is 9.59 Å². The Hall–Kier alpha value is -1.99. The summed E-state index contributed by atoms with van der Waals surface area (Å²) in [6, 6.07) is 3.89. The first-order chi connectivity index (χ1) is 11.5. The lowest BCUT2D eigenvalue weighted by Crippen LogP contribution is -2.44. The molecule has 2 heterocycles.